The zero-order chi connectivity index (χ0) is 13.0. The number of halogens is 3. The van der Waals surface area contributed by atoms with Crippen LogP contribution in [0, 0.1) is 17.5 Å². The number of hydrogen-bond donors (Lipinski definition) is 1. The molecule has 2 rings (SSSR count). The number of rotatable bonds is 5. The Labute approximate surface area is 107 Å². The third-order valence-electron chi connectivity index (χ3n) is 2.58. The van der Waals surface area contributed by atoms with Crippen molar-refractivity contribution in [2.75, 3.05) is 6.54 Å². The highest BCUT2D eigenvalue weighted by molar-refractivity contribution is 7.07. The van der Waals surface area contributed by atoms with E-state index in [1.807, 2.05) is 16.8 Å². The van der Waals surface area contributed by atoms with Crippen molar-refractivity contribution in [2.45, 2.75) is 13.0 Å². The maximum Gasteiger partial charge on any atom is 0.161 e. The fourth-order valence-electron chi connectivity index (χ4n) is 1.59. The summed E-state index contributed by atoms with van der Waals surface area (Å²) in [5.41, 5.74) is 1.34. The molecule has 0 fully saturated rings. The summed E-state index contributed by atoms with van der Waals surface area (Å²) in [5.74, 6) is -2.91. The molecule has 0 atom stereocenters. The van der Waals surface area contributed by atoms with Crippen LogP contribution in [0.5, 0.6) is 0 Å². The average Bonchev–Trinajstić information content (AvgIpc) is 2.84. The lowest BCUT2D eigenvalue weighted by Gasteiger charge is -2.06. The van der Waals surface area contributed by atoms with Crippen molar-refractivity contribution >= 4 is 11.3 Å². The van der Waals surface area contributed by atoms with Gasteiger partial charge in [0, 0.05) is 18.2 Å². The van der Waals surface area contributed by atoms with Gasteiger partial charge in [0.1, 0.15) is 5.82 Å². The first-order valence-electron chi connectivity index (χ1n) is 5.52. The van der Waals surface area contributed by atoms with Gasteiger partial charge in [0.15, 0.2) is 11.6 Å². The largest absolute Gasteiger partial charge is 0.312 e. The Kier molecular flexibility index (Phi) is 4.38. The Morgan fingerprint density at radius 3 is 2.56 bits per heavy atom. The standard InChI is InChI=1S/C13H12F3NS/c14-11-6-13(16)12(15)5-10(11)7-17-3-1-9-2-4-18-8-9/h2,4-6,8,17H,1,3,7H2. The fraction of sp³-hybridized carbons (Fsp3) is 0.231. The molecule has 1 nitrogen and oxygen atoms in total. The van der Waals surface area contributed by atoms with Gasteiger partial charge >= 0.3 is 0 Å². The zero-order valence-corrected chi connectivity index (χ0v) is 10.4. The smallest absolute Gasteiger partial charge is 0.161 e. The molecule has 0 bridgehead atoms. The lowest BCUT2D eigenvalue weighted by atomic mass is 10.2. The second-order valence-electron chi connectivity index (χ2n) is 3.92. The van der Waals surface area contributed by atoms with Gasteiger partial charge in [-0.3, -0.25) is 0 Å². The van der Waals surface area contributed by atoms with Crippen LogP contribution >= 0.6 is 11.3 Å². The molecule has 1 N–H and O–H groups in total. The van der Waals surface area contributed by atoms with Crippen LogP contribution in [0.2, 0.25) is 0 Å². The van der Waals surface area contributed by atoms with Crippen LogP contribution in [0.25, 0.3) is 0 Å². The summed E-state index contributed by atoms with van der Waals surface area (Å²) >= 11 is 1.62. The third-order valence-corrected chi connectivity index (χ3v) is 3.31. The van der Waals surface area contributed by atoms with Crippen LogP contribution < -0.4 is 5.32 Å². The molecule has 0 aliphatic heterocycles. The Morgan fingerprint density at radius 1 is 1.06 bits per heavy atom. The lowest BCUT2D eigenvalue weighted by molar-refractivity contribution is 0.487. The highest BCUT2D eigenvalue weighted by atomic mass is 32.1. The van der Waals surface area contributed by atoms with E-state index in [0.717, 1.165) is 12.5 Å². The lowest BCUT2D eigenvalue weighted by Crippen LogP contribution is -2.17. The molecule has 18 heavy (non-hydrogen) atoms. The van der Waals surface area contributed by atoms with Gasteiger partial charge in [-0.15, -0.1) is 0 Å². The minimum absolute atomic E-state index is 0.138. The summed E-state index contributed by atoms with van der Waals surface area (Å²) in [7, 11) is 0. The summed E-state index contributed by atoms with van der Waals surface area (Å²) in [4.78, 5) is 0. The van der Waals surface area contributed by atoms with Gasteiger partial charge in [0.2, 0.25) is 0 Å². The Hall–Kier alpha value is -1.33. The van der Waals surface area contributed by atoms with Crippen molar-refractivity contribution < 1.29 is 13.2 Å². The molecule has 0 saturated heterocycles. The molecule has 1 aromatic heterocycles. The highest BCUT2D eigenvalue weighted by Crippen LogP contribution is 2.13. The van der Waals surface area contributed by atoms with Gasteiger partial charge in [-0.25, -0.2) is 13.2 Å². The first-order chi connectivity index (χ1) is 8.66. The molecule has 0 unspecified atom stereocenters. The second kappa shape index (κ2) is 6.02. The summed E-state index contributed by atoms with van der Waals surface area (Å²) in [5, 5.41) is 7.03. The normalized spacial score (nSPS) is 10.8. The van der Waals surface area contributed by atoms with E-state index in [4.69, 9.17) is 0 Å². The number of benzene rings is 1. The van der Waals surface area contributed by atoms with Crippen LogP contribution in [0.15, 0.2) is 29.0 Å². The van der Waals surface area contributed by atoms with Gasteiger partial charge in [0.25, 0.3) is 0 Å². The van der Waals surface area contributed by atoms with Crippen molar-refractivity contribution in [3.05, 3.63) is 57.5 Å². The van der Waals surface area contributed by atoms with Crippen LogP contribution in [0.3, 0.4) is 0 Å². The van der Waals surface area contributed by atoms with E-state index in [-0.39, 0.29) is 12.1 Å². The van der Waals surface area contributed by atoms with Gasteiger partial charge in [-0.05, 0) is 41.4 Å². The summed E-state index contributed by atoms with van der Waals surface area (Å²) in [6.07, 6.45) is 0.828. The quantitative estimate of drug-likeness (QED) is 0.648. The van der Waals surface area contributed by atoms with Crippen molar-refractivity contribution in [1.82, 2.24) is 5.32 Å². The van der Waals surface area contributed by atoms with Crippen LogP contribution in [-0.4, -0.2) is 6.54 Å². The van der Waals surface area contributed by atoms with E-state index < -0.39 is 17.5 Å². The molecule has 1 heterocycles. The summed E-state index contributed by atoms with van der Waals surface area (Å²) in [6.45, 7) is 0.850. The maximum atomic E-state index is 13.3. The molecule has 5 heteroatoms. The third kappa shape index (κ3) is 3.34. The van der Waals surface area contributed by atoms with E-state index in [2.05, 4.69) is 5.32 Å². The minimum atomic E-state index is -1.16. The van der Waals surface area contributed by atoms with Gasteiger partial charge in [-0.1, -0.05) is 0 Å². The molecule has 2 aromatic rings. The molecule has 1 aromatic carbocycles. The Morgan fingerprint density at radius 2 is 1.83 bits per heavy atom. The topological polar surface area (TPSA) is 12.0 Å². The minimum Gasteiger partial charge on any atom is -0.312 e. The predicted octanol–water partition coefficient (Wildman–Crippen LogP) is 3.50. The summed E-state index contributed by atoms with van der Waals surface area (Å²) < 4.78 is 38.9. The van der Waals surface area contributed by atoms with E-state index in [0.29, 0.717) is 12.6 Å². The van der Waals surface area contributed by atoms with Gasteiger partial charge < -0.3 is 5.32 Å². The Balaban J connectivity index is 1.85. The zero-order valence-electron chi connectivity index (χ0n) is 9.55. The van der Waals surface area contributed by atoms with E-state index in [1.54, 1.807) is 11.3 Å². The number of nitrogens with one attached hydrogen (secondary N) is 1. The van der Waals surface area contributed by atoms with Crippen LogP contribution in [0.1, 0.15) is 11.1 Å². The number of hydrogen-bond acceptors (Lipinski definition) is 2. The van der Waals surface area contributed by atoms with Crippen molar-refractivity contribution in [3.63, 3.8) is 0 Å². The molecule has 0 amide bonds. The average molecular weight is 271 g/mol. The van der Waals surface area contributed by atoms with Gasteiger partial charge in [0.05, 0.1) is 0 Å². The second-order valence-corrected chi connectivity index (χ2v) is 4.70. The van der Waals surface area contributed by atoms with E-state index in [1.165, 1.54) is 5.56 Å². The van der Waals surface area contributed by atoms with Crippen molar-refractivity contribution in [2.24, 2.45) is 0 Å². The summed E-state index contributed by atoms with van der Waals surface area (Å²) in [6, 6.07) is 3.48. The molecule has 0 aliphatic carbocycles. The highest BCUT2D eigenvalue weighted by Gasteiger charge is 2.09. The van der Waals surface area contributed by atoms with Crippen LogP contribution in [-0.2, 0) is 13.0 Å². The molecular formula is C13H12F3NS. The predicted molar refractivity (Wildman–Crippen MR) is 66.0 cm³/mol. The molecule has 96 valence electrons. The monoisotopic (exact) mass is 271 g/mol. The van der Waals surface area contributed by atoms with E-state index in [9.17, 15) is 13.2 Å². The van der Waals surface area contributed by atoms with Crippen molar-refractivity contribution in [1.29, 1.82) is 0 Å². The Bertz CT molecular complexity index is 511. The SMILES string of the molecule is Fc1cc(F)c(CNCCc2ccsc2)cc1F. The van der Waals surface area contributed by atoms with Crippen LogP contribution in [0.4, 0.5) is 13.2 Å². The first-order valence-corrected chi connectivity index (χ1v) is 6.46. The molecule has 0 saturated carbocycles. The fourth-order valence-corrected chi connectivity index (χ4v) is 2.29. The molecule has 0 spiro atoms. The maximum absolute atomic E-state index is 13.3. The van der Waals surface area contributed by atoms with Gasteiger partial charge in [-0.2, -0.15) is 11.3 Å². The molecular weight excluding hydrogens is 259 g/mol. The molecule has 0 radical (unpaired) electrons. The first kappa shape index (κ1) is 13.1. The number of thiophene rings is 1. The van der Waals surface area contributed by atoms with Crippen molar-refractivity contribution in [3.8, 4) is 0 Å². The van der Waals surface area contributed by atoms with E-state index >= 15 is 0 Å². The molecule has 0 aliphatic rings.